The molecule has 0 aliphatic carbocycles. The molecule has 0 bridgehead atoms. The first-order chi connectivity index (χ1) is 8.70. The molecule has 0 atom stereocenters. The van der Waals surface area contributed by atoms with Gasteiger partial charge in [-0.1, -0.05) is 13.8 Å². The van der Waals surface area contributed by atoms with E-state index in [1.807, 2.05) is 13.8 Å². The molecule has 2 N–H and O–H groups in total. The first-order valence-electron chi connectivity index (χ1n) is 6.31. The van der Waals surface area contributed by atoms with Gasteiger partial charge in [-0.15, -0.1) is 0 Å². The molecule has 0 unspecified atom stereocenters. The molecule has 0 aromatic rings. The fourth-order valence-corrected chi connectivity index (χ4v) is 1.10. The Bertz CT molecular complexity index is 270. The van der Waals surface area contributed by atoms with Crippen LogP contribution in [0.15, 0.2) is 10.2 Å². The maximum Gasteiger partial charge on any atom is 0.240 e. The van der Waals surface area contributed by atoms with E-state index in [0.717, 1.165) is 12.8 Å². The second-order valence-electron chi connectivity index (χ2n) is 3.72. The molecule has 0 aromatic heterocycles. The number of rotatable bonds is 9. The van der Waals surface area contributed by atoms with Gasteiger partial charge >= 0.3 is 0 Å². The predicted molar refractivity (Wildman–Crippen MR) is 72.3 cm³/mol. The zero-order valence-electron chi connectivity index (χ0n) is 11.1. The van der Waals surface area contributed by atoms with E-state index in [4.69, 9.17) is 0 Å². The van der Waals surface area contributed by atoms with Crippen molar-refractivity contribution in [2.45, 2.75) is 52.4 Å². The van der Waals surface area contributed by atoms with Gasteiger partial charge in [-0.3, -0.25) is 9.59 Å². The summed E-state index contributed by atoms with van der Waals surface area (Å²) in [7, 11) is 0. The van der Waals surface area contributed by atoms with Gasteiger partial charge in [-0.2, -0.15) is 10.2 Å². The molecule has 0 saturated heterocycles. The van der Waals surface area contributed by atoms with Gasteiger partial charge in [0.25, 0.3) is 0 Å². The fraction of sp³-hybridized carbons (Fsp3) is 0.667. The van der Waals surface area contributed by atoms with Gasteiger partial charge in [-0.25, -0.2) is 10.9 Å². The number of nitrogens with one attached hydrogen (secondary N) is 2. The molecule has 6 nitrogen and oxygen atoms in total. The van der Waals surface area contributed by atoms with Crippen molar-refractivity contribution < 1.29 is 9.59 Å². The van der Waals surface area contributed by atoms with Gasteiger partial charge in [0.2, 0.25) is 11.8 Å². The third kappa shape index (κ3) is 10.8. The molecular formula is C12H22N4O2. The molecule has 0 radical (unpaired) electrons. The van der Waals surface area contributed by atoms with Crippen molar-refractivity contribution in [3.8, 4) is 0 Å². The van der Waals surface area contributed by atoms with Gasteiger partial charge < -0.3 is 0 Å². The van der Waals surface area contributed by atoms with Crippen molar-refractivity contribution in [3.63, 3.8) is 0 Å². The molecule has 0 aliphatic rings. The SMILES string of the molecule is CC/C=N/NC(=O)CCCCC(=O)N/N=C/CC. The predicted octanol–water partition coefficient (Wildman–Crippen LogP) is 1.57. The second kappa shape index (κ2) is 11.8. The second-order valence-corrected chi connectivity index (χ2v) is 3.72. The molecule has 0 aromatic carbocycles. The van der Waals surface area contributed by atoms with Crippen LogP contribution in [0.3, 0.4) is 0 Å². The largest absolute Gasteiger partial charge is 0.273 e. The van der Waals surface area contributed by atoms with Crippen molar-refractivity contribution >= 4 is 24.2 Å². The number of amides is 2. The molecule has 0 heterocycles. The molecule has 0 spiro atoms. The maximum atomic E-state index is 11.2. The van der Waals surface area contributed by atoms with Gasteiger partial charge in [0.15, 0.2) is 0 Å². The zero-order valence-corrected chi connectivity index (χ0v) is 11.1. The minimum absolute atomic E-state index is 0.121. The number of hydrogen-bond donors (Lipinski definition) is 2. The van der Waals surface area contributed by atoms with Crippen LogP contribution in [-0.2, 0) is 9.59 Å². The lowest BCUT2D eigenvalue weighted by Crippen LogP contribution is -2.18. The van der Waals surface area contributed by atoms with Crippen LogP contribution in [0.5, 0.6) is 0 Å². The van der Waals surface area contributed by atoms with Crippen molar-refractivity contribution in [2.75, 3.05) is 0 Å². The van der Waals surface area contributed by atoms with E-state index in [1.54, 1.807) is 12.4 Å². The summed E-state index contributed by atoms with van der Waals surface area (Å²) in [6.45, 7) is 3.88. The highest BCUT2D eigenvalue weighted by Crippen LogP contribution is 1.99. The Balaban J connectivity index is 3.49. The number of hydrogen-bond acceptors (Lipinski definition) is 4. The maximum absolute atomic E-state index is 11.2. The van der Waals surface area contributed by atoms with E-state index in [0.29, 0.717) is 25.7 Å². The fourth-order valence-electron chi connectivity index (χ4n) is 1.10. The summed E-state index contributed by atoms with van der Waals surface area (Å²) < 4.78 is 0. The lowest BCUT2D eigenvalue weighted by atomic mass is 10.2. The number of nitrogens with zero attached hydrogens (tertiary/aromatic N) is 2. The highest BCUT2D eigenvalue weighted by atomic mass is 16.2. The van der Waals surface area contributed by atoms with Crippen molar-refractivity contribution in [1.29, 1.82) is 0 Å². The molecule has 102 valence electrons. The molecule has 0 fully saturated rings. The van der Waals surface area contributed by atoms with E-state index in [1.165, 1.54) is 0 Å². The lowest BCUT2D eigenvalue weighted by molar-refractivity contribution is -0.123. The average molecular weight is 254 g/mol. The summed E-state index contributed by atoms with van der Waals surface area (Å²) in [5.74, 6) is -0.242. The first-order valence-corrected chi connectivity index (χ1v) is 6.31. The Hall–Kier alpha value is -1.72. The van der Waals surface area contributed by atoms with Crippen molar-refractivity contribution in [3.05, 3.63) is 0 Å². The Morgan fingerprint density at radius 2 is 1.28 bits per heavy atom. The summed E-state index contributed by atoms with van der Waals surface area (Å²) >= 11 is 0. The van der Waals surface area contributed by atoms with Crippen LogP contribution in [-0.4, -0.2) is 24.2 Å². The van der Waals surface area contributed by atoms with Crippen LogP contribution < -0.4 is 10.9 Å². The van der Waals surface area contributed by atoms with Crippen LogP contribution in [0.2, 0.25) is 0 Å². The van der Waals surface area contributed by atoms with Crippen LogP contribution >= 0.6 is 0 Å². The quantitative estimate of drug-likeness (QED) is 0.372. The summed E-state index contributed by atoms with van der Waals surface area (Å²) in [4.78, 5) is 22.4. The third-order valence-corrected chi connectivity index (χ3v) is 1.98. The lowest BCUT2D eigenvalue weighted by Gasteiger charge is -2.00. The summed E-state index contributed by atoms with van der Waals surface area (Å²) in [6, 6.07) is 0. The topological polar surface area (TPSA) is 82.9 Å². The highest BCUT2D eigenvalue weighted by Gasteiger charge is 2.02. The number of hydrazone groups is 2. The van der Waals surface area contributed by atoms with E-state index in [9.17, 15) is 9.59 Å². The minimum atomic E-state index is -0.121. The average Bonchev–Trinajstić information content (AvgIpc) is 2.35. The van der Waals surface area contributed by atoms with Crippen LogP contribution in [0.4, 0.5) is 0 Å². The smallest absolute Gasteiger partial charge is 0.240 e. The third-order valence-electron chi connectivity index (χ3n) is 1.98. The summed E-state index contributed by atoms with van der Waals surface area (Å²) in [5.41, 5.74) is 4.84. The van der Waals surface area contributed by atoms with Crippen LogP contribution in [0, 0.1) is 0 Å². The van der Waals surface area contributed by atoms with Crippen LogP contribution in [0.1, 0.15) is 52.4 Å². The minimum Gasteiger partial charge on any atom is -0.273 e. The standard InChI is InChI=1S/C12H22N4O2/c1-3-9-13-15-11(17)7-5-6-8-12(18)16-14-10-4-2/h9-10H,3-8H2,1-2H3,(H,15,17)(H,16,18)/b13-9+,14-10+. The van der Waals surface area contributed by atoms with Crippen molar-refractivity contribution in [2.24, 2.45) is 10.2 Å². The molecule has 0 saturated carbocycles. The van der Waals surface area contributed by atoms with Crippen LogP contribution in [0.25, 0.3) is 0 Å². The Morgan fingerprint density at radius 3 is 1.61 bits per heavy atom. The molecule has 18 heavy (non-hydrogen) atoms. The van der Waals surface area contributed by atoms with E-state index in [2.05, 4.69) is 21.1 Å². The van der Waals surface area contributed by atoms with E-state index >= 15 is 0 Å². The summed E-state index contributed by atoms with van der Waals surface area (Å²) in [5, 5.41) is 7.46. The first kappa shape index (κ1) is 16.3. The Labute approximate surface area is 108 Å². The highest BCUT2D eigenvalue weighted by molar-refractivity contribution is 5.77. The van der Waals surface area contributed by atoms with Gasteiger partial charge in [0, 0.05) is 25.3 Å². The molecular weight excluding hydrogens is 232 g/mol. The van der Waals surface area contributed by atoms with Gasteiger partial charge in [0.05, 0.1) is 0 Å². The Kier molecular flexibility index (Phi) is 10.6. The zero-order chi connectivity index (χ0) is 13.6. The van der Waals surface area contributed by atoms with Crippen molar-refractivity contribution in [1.82, 2.24) is 10.9 Å². The molecule has 6 heteroatoms. The molecule has 0 aliphatic heterocycles. The normalized spacial score (nSPS) is 11.0. The molecule has 0 rings (SSSR count). The van der Waals surface area contributed by atoms with Gasteiger partial charge in [-0.05, 0) is 25.7 Å². The van der Waals surface area contributed by atoms with E-state index in [-0.39, 0.29) is 11.8 Å². The number of carbonyl (C=O) groups is 2. The Morgan fingerprint density at radius 1 is 0.889 bits per heavy atom. The molecule has 2 amide bonds. The summed E-state index contributed by atoms with van der Waals surface area (Å²) in [6.07, 6.45) is 6.95. The monoisotopic (exact) mass is 254 g/mol. The van der Waals surface area contributed by atoms with Gasteiger partial charge in [0.1, 0.15) is 0 Å². The number of unbranched alkanes of at least 4 members (excludes halogenated alkanes) is 1. The number of carbonyl (C=O) groups excluding carboxylic acids is 2. The van der Waals surface area contributed by atoms with E-state index < -0.39 is 0 Å².